The Labute approximate surface area is 118 Å². The summed E-state index contributed by atoms with van der Waals surface area (Å²) in [6.45, 7) is 18.1. The van der Waals surface area contributed by atoms with Crippen LogP contribution in [0.25, 0.3) is 0 Å². The van der Waals surface area contributed by atoms with Crippen LogP contribution < -0.4 is 0 Å². The first-order valence-electron chi connectivity index (χ1n) is 6.88. The Hall–Kier alpha value is 0.110. The lowest BCUT2D eigenvalue weighted by molar-refractivity contribution is -0.00199. The van der Waals surface area contributed by atoms with Crippen LogP contribution in [0.1, 0.15) is 68.7 Å². The third-order valence-corrected chi connectivity index (χ3v) is 5.23. The molecule has 4 nitrogen and oxygen atoms in total. The molecule has 0 aliphatic carbocycles. The Bertz CT molecular complexity index is 349. The molecular weight excluding hydrogens is 261 g/mol. The van der Waals surface area contributed by atoms with Gasteiger partial charge < -0.3 is 9.79 Å². The van der Waals surface area contributed by atoms with Gasteiger partial charge in [0.15, 0.2) is 0 Å². The van der Waals surface area contributed by atoms with Crippen molar-refractivity contribution in [2.75, 3.05) is 0 Å². The fraction of sp³-hybridized carbons (Fsp3) is 1.00. The third kappa shape index (κ3) is 4.86. The Morgan fingerprint density at radius 3 is 1.53 bits per heavy atom. The summed E-state index contributed by atoms with van der Waals surface area (Å²) in [7, 11) is -4.30. The monoisotopic (exact) mass is 293 g/mol. The summed E-state index contributed by atoms with van der Waals surface area (Å²) < 4.78 is 13.4. The highest BCUT2D eigenvalue weighted by Gasteiger charge is 2.51. The van der Waals surface area contributed by atoms with E-state index >= 15 is 0 Å². The second kappa shape index (κ2) is 5.48. The van der Waals surface area contributed by atoms with Crippen LogP contribution in [-0.2, 0) is 4.57 Å². The maximum absolute atomic E-state index is 12.0. The van der Waals surface area contributed by atoms with Gasteiger partial charge in [0.2, 0.25) is 0 Å². The lowest BCUT2D eigenvalue weighted by Gasteiger charge is -2.53. The van der Waals surface area contributed by atoms with Gasteiger partial charge in [0.1, 0.15) is 0 Å². The van der Waals surface area contributed by atoms with E-state index in [1.54, 1.807) is 0 Å². The van der Waals surface area contributed by atoms with Gasteiger partial charge in [0.25, 0.3) is 0 Å². The van der Waals surface area contributed by atoms with E-state index in [-0.39, 0.29) is 16.9 Å². The normalized spacial score (nSPS) is 17.9. The van der Waals surface area contributed by atoms with Crippen molar-refractivity contribution >= 4 is 7.75 Å². The van der Waals surface area contributed by atoms with Crippen molar-refractivity contribution in [3.05, 3.63) is 0 Å². The van der Waals surface area contributed by atoms with Crippen molar-refractivity contribution in [1.29, 1.82) is 0 Å². The highest BCUT2D eigenvalue weighted by atomic mass is 31.2. The molecule has 0 saturated carbocycles. The van der Waals surface area contributed by atoms with Gasteiger partial charge in [-0.15, -0.1) is 0 Å². The molecule has 19 heavy (non-hydrogen) atoms. The minimum atomic E-state index is -4.30. The zero-order valence-corrected chi connectivity index (χ0v) is 14.9. The van der Waals surface area contributed by atoms with Gasteiger partial charge >= 0.3 is 7.75 Å². The lowest BCUT2D eigenvalue weighted by atomic mass is 9.67. The molecule has 0 spiro atoms. The Morgan fingerprint density at radius 1 is 1.00 bits per heavy atom. The summed E-state index contributed by atoms with van der Waals surface area (Å²) in [5.74, 6) is 0. The molecular formula is C14H32NO3P. The first kappa shape index (κ1) is 19.1. The van der Waals surface area contributed by atoms with Crippen LogP contribution in [0.15, 0.2) is 0 Å². The van der Waals surface area contributed by atoms with Gasteiger partial charge in [-0.05, 0) is 38.0 Å². The summed E-state index contributed by atoms with van der Waals surface area (Å²) in [5, 5.41) is 0. The maximum Gasteiger partial charge on any atom is 0.403 e. The zero-order valence-electron chi connectivity index (χ0n) is 14.0. The molecule has 116 valence electrons. The molecule has 1 atom stereocenters. The Morgan fingerprint density at radius 2 is 1.37 bits per heavy atom. The zero-order chi connectivity index (χ0) is 15.9. The second-order valence-corrected chi connectivity index (χ2v) is 9.67. The highest BCUT2D eigenvalue weighted by molar-refractivity contribution is 7.49. The largest absolute Gasteiger partial charge is 0.403 e. The topological polar surface area (TPSA) is 60.8 Å². The van der Waals surface area contributed by atoms with Gasteiger partial charge in [-0.2, -0.15) is 0 Å². The minimum absolute atomic E-state index is 0.00958. The van der Waals surface area contributed by atoms with Crippen molar-refractivity contribution in [2.24, 2.45) is 10.8 Å². The SMILES string of the molecule is CC(C)N(C(C)(CC(C)(C)C)C(C)(C)C)P(=O)(O)O. The van der Waals surface area contributed by atoms with Crippen LogP contribution >= 0.6 is 7.75 Å². The van der Waals surface area contributed by atoms with E-state index in [4.69, 9.17) is 0 Å². The van der Waals surface area contributed by atoms with Crippen LogP contribution in [0, 0.1) is 10.8 Å². The average Bonchev–Trinajstić information content (AvgIpc) is 1.91. The number of nitrogens with zero attached hydrogens (tertiary/aromatic N) is 1. The van der Waals surface area contributed by atoms with E-state index < -0.39 is 13.3 Å². The maximum atomic E-state index is 12.0. The van der Waals surface area contributed by atoms with Gasteiger partial charge in [-0.25, -0.2) is 9.24 Å². The Balaban J connectivity index is 5.91. The molecule has 0 heterocycles. The molecule has 0 amide bonds. The predicted octanol–water partition coefficient (Wildman–Crippen LogP) is 4.03. The van der Waals surface area contributed by atoms with Crippen LogP contribution in [0.4, 0.5) is 0 Å². The van der Waals surface area contributed by atoms with Gasteiger partial charge in [0.05, 0.1) is 0 Å². The van der Waals surface area contributed by atoms with Gasteiger partial charge in [-0.1, -0.05) is 41.5 Å². The van der Waals surface area contributed by atoms with E-state index in [1.165, 1.54) is 4.67 Å². The molecule has 1 unspecified atom stereocenters. The summed E-state index contributed by atoms with van der Waals surface area (Å²) in [5.41, 5.74) is -0.839. The fourth-order valence-corrected chi connectivity index (χ4v) is 4.43. The number of rotatable bonds is 4. The van der Waals surface area contributed by atoms with Crippen LogP contribution in [0.2, 0.25) is 0 Å². The van der Waals surface area contributed by atoms with Gasteiger partial charge in [0, 0.05) is 11.6 Å². The molecule has 0 aliphatic heterocycles. The quantitative estimate of drug-likeness (QED) is 0.768. The molecule has 0 aromatic rings. The first-order chi connectivity index (χ1) is 8.02. The summed E-state index contributed by atoms with van der Waals surface area (Å²) in [4.78, 5) is 19.6. The van der Waals surface area contributed by atoms with E-state index in [0.29, 0.717) is 6.42 Å². The van der Waals surface area contributed by atoms with Crippen molar-refractivity contribution in [1.82, 2.24) is 4.67 Å². The first-order valence-corrected chi connectivity index (χ1v) is 8.44. The van der Waals surface area contributed by atoms with Crippen LogP contribution in [0.3, 0.4) is 0 Å². The summed E-state index contributed by atoms with van der Waals surface area (Å²) in [6.07, 6.45) is 0.715. The molecule has 0 aromatic heterocycles. The van der Waals surface area contributed by atoms with Crippen molar-refractivity contribution < 1.29 is 14.4 Å². The Kier molecular flexibility index (Phi) is 5.51. The molecule has 0 bridgehead atoms. The van der Waals surface area contributed by atoms with Crippen molar-refractivity contribution in [2.45, 2.75) is 80.3 Å². The second-order valence-electron chi connectivity index (χ2n) is 8.21. The molecule has 2 N–H and O–H groups in total. The standard InChI is InChI=1S/C14H32NO3P/c1-11(2)15(19(16,17)18)14(9,13(6,7)8)10-12(3,4)5/h11H,10H2,1-9H3,(H2,16,17,18). The smallest absolute Gasteiger partial charge is 0.312 e. The summed E-state index contributed by atoms with van der Waals surface area (Å²) >= 11 is 0. The third-order valence-electron chi connectivity index (χ3n) is 3.77. The molecule has 0 rings (SSSR count). The predicted molar refractivity (Wildman–Crippen MR) is 81.0 cm³/mol. The number of hydrogen-bond donors (Lipinski definition) is 2. The molecule has 0 fully saturated rings. The average molecular weight is 293 g/mol. The highest BCUT2D eigenvalue weighted by Crippen LogP contribution is 2.55. The molecule has 0 radical (unpaired) electrons. The molecule has 0 aliphatic rings. The van der Waals surface area contributed by atoms with Gasteiger partial charge in [-0.3, -0.25) is 0 Å². The van der Waals surface area contributed by atoms with Crippen molar-refractivity contribution in [3.63, 3.8) is 0 Å². The van der Waals surface area contributed by atoms with Crippen molar-refractivity contribution in [3.8, 4) is 0 Å². The van der Waals surface area contributed by atoms with Crippen LogP contribution in [0.5, 0.6) is 0 Å². The molecule has 0 saturated heterocycles. The molecule has 0 aromatic carbocycles. The van der Waals surface area contributed by atoms with E-state index in [2.05, 4.69) is 20.8 Å². The van der Waals surface area contributed by atoms with E-state index in [0.717, 1.165) is 0 Å². The fourth-order valence-electron chi connectivity index (χ4n) is 2.88. The van der Waals surface area contributed by atoms with E-state index in [9.17, 15) is 14.4 Å². The van der Waals surface area contributed by atoms with Crippen LogP contribution in [-0.4, -0.2) is 26.0 Å². The lowest BCUT2D eigenvalue weighted by Crippen LogP contribution is -2.57. The molecule has 5 heteroatoms. The minimum Gasteiger partial charge on any atom is -0.312 e. The van der Waals surface area contributed by atoms with E-state index in [1.807, 2.05) is 41.5 Å². The number of hydrogen-bond acceptors (Lipinski definition) is 1. The summed E-state index contributed by atoms with van der Waals surface area (Å²) in [6, 6.07) is -0.215.